The Morgan fingerprint density at radius 3 is 2.33 bits per heavy atom. The standard InChI is InChI=1S/C12H19NO2/c1-2-6-10(13)12(15)11(14)9-7-4-3-5-8-9/h3-5,7-8,10-12,14-15H,2,6,13H2,1H3. The lowest BCUT2D eigenvalue weighted by Gasteiger charge is -2.23. The lowest BCUT2D eigenvalue weighted by atomic mass is 9.97. The molecule has 4 N–H and O–H groups in total. The van der Waals surface area contributed by atoms with Crippen molar-refractivity contribution >= 4 is 0 Å². The van der Waals surface area contributed by atoms with E-state index >= 15 is 0 Å². The van der Waals surface area contributed by atoms with E-state index in [9.17, 15) is 10.2 Å². The summed E-state index contributed by atoms with van der Waals surface area (Å²) < 4.78 is 0. The minimum atomic E-state index is -0.896. The number of aliphatic hydroxyl groups excluding tert-OH is 2. The second-order valence-electron chi connectivity index (χ2n) is 3.80. The van der Waals surface area contributed by atoms with E-state index in [2.05, 4.69) is 0 Å². The van der Waals surface area contributed by atoms with Gasteiger partial charge < -0.3 is 15.9 Å². The first kappa shape index (κ1) is 12.2. The number of rotatable bonds is 5. The summed E-state index contributed by atoms with van der Waals surface area (Å²) in [7, 11) is 0. The van der Waals surface area contributed by atoms with E-state index < -0.39 is 12.2 Å². The van der Waals surface area contributed by atoms with Crippen LogP contribution in [0.4, 0.5) is 0 Å². The van der Waals surface area contributed by atoms with Crippen LogP contribution in [0.5, 0.6) is 0 Å². The first-order valence-electron chi connectivity index (χ1n) is 5.33. The topological polar surface area (TPSA) is 66.5 Å². The quantitative estimate of drug-likeness (QED) is 0.683. The highest BCUT2D eigenvalue weighted by Crippen LogP contribution is 2.19. The van der Waals surface area contributed by atoms with Crippen molar-refractivity contribution in [3.8, 4) is 0 Å². The van der Waals surface area contributed by atoms with Crippen molar-refractivity contribution in [2.75, 3.05) is 0 Å². The van der Waals surface area contributed by atoms with Gasteiger partial charge >= 0.3 is 0 Å². The minimum absolute atomic E-state index is 0.370. The molecule has 0 aliphatic carbocycles. The van der Waals surface area contributed by atoms with Crippen LogP contribution in [0.2, 0.25) is 0 Å². The molecule has 0 fully saturated rings. The predicted octanol–water partition coefficient (Wildman–Crippen LogP) is 1.21. The minimum Gasteiger partial charge on any atom is -0.388 e. The van der Waals surface area contributed by atoms with Gasteiger partial charge in [-0.15, -0.1) is 0 Å². The molecule has 1 aromatic carbocycles. The van der Waals surface area contributed by atoms with E-state index in [1.807, 2.05) is 25.1 Å². The molecule has 0 radical (unpaired) electrons. The summed E-state index contributed by atoms with van der Waals surface area (Å²) in [5, 5.41) is 19.7. The Balaban J connectivity index is 2.64. The molecule has 0 saturated carbocycles. The summed E-state index contributed by atoms with van der Waals surface area (Å²) in [6.45, 7) is 2.00. The van der Waals surface area contributed by atoms with Gasteiger partial charge in [0.05, 0.1) is 6.10 Å². The Labute approximate surface area is 90.5 Å². The predicted molar refractivity (Wildman–Crippen MR) is 60.3 cm³/mol. The van der Waals surface area contributed by atoms with Crippen molar-refractivity contribution in [1.29, 1.82) is 0 Å². The zero-order chi connectivity index (χ0) is 11.3. The maximum atomic E-state index is 9.86. The Kier molecular flexibility index (Phi) is 4.75. The zero-order valence-corrected chi connectivity index (χ0v) is 9.00. The van der Waals surface area contributed by atoms with Gasteiger partial charge in [0.2, 0.25) is 0 Å². The maximum Gasteiger partial charge on any atom is 0.106 e. The van der Waals surface area contributed by atoms with Crippen molar-refractivity contribution in [1.82, 2.24) is 0 Å². The van der Waals surface area contributed by atoms with Crippen LogP contribution in [-0.4, -0.2) is 22.4 Å². The summed E-state index contributed by atoms with van der Waals surface area (Å²) >= 11 is 0. The molecule has 84 valence electrons. The number of hydrogen-bond donors (Lipinski definition) is 3. The van der Waals surface area contributed by atoms with Crippen LogP contribution in [0.25, 0.3) is 0 Å². The first-order chi connectivity index (χ1) is 7.16. The van der Waals surface area contributed by atoms with Crippen molar-refractivity contribution in [3.63, 3.8) is 0 Å². The highest BCUT2D eigenvalue weighted by Gasteiger charge is 2.23. The maximum absolute atomic E-state index is 9.86. The molecule has 1 aromatic rings. The summed E-state index contributed by atoms with van der Waals surface area (Å²) in [5.74, 6) is 0. The van der Waals surface area contributed by atoms with Crippen LogP contribution in [0, 0.1) is 0 Å². The van der Waals surface area contributed by atoms with Gasteiger partial charge in [0.1, 0.15) is 6.10 Å². The Morgan fingerprint density at radius 1 is 1.20 bits per heavy atom. The van der Waals surface area contributed by atoms with E-state index in [1.165, 1.54) is 0 Å². The van der Waals surface area contributed by atoms with Gasteiger partial charge in [-0.2, -0.15) is 0 Å². The van der Waals surface area contributed by atoms with Gasteiger partial charge in [0, 0.05) is 6.04 Å². The number of benzene rings is 1. The summed E-state index contributed by atoms with van der Waals surface area (Å²) in [6.07, 6.45) is -0.176. The third-order valence-corrected chi connectivity index (χ3v) is 2.53. The lowest BCUT2D eigenvalue weighted by molar-refractivity contribution is 0.00109. The SMILES string of the molecule is CCCC(N)C(O)C(O)c1ccccc1. The molecule has 3 heteroatoms. The Bertz CT molecular complexity index is 276. The highest BCUT2D eigenvalue weighted by molar-refractivity contribution is 5.18. The van der Waals surface area contributed by atoms with Gasteiger partial charge in [0.25, 0.3) is 0 Å². The first-order valence-corrected chi connectivity index (χ1v) is 5.33. The highest BCUT2D eigenvalue weighted by atomic mass is 16.3. The summed E-state index contributed by atoms with van der Waals surface area (Å²) in [5.41, 5.74) is 6.46. The van der Waals surface area contributed by atoms with E-state index in [0.29, 0.717) is 12.0 Å². The van der Waals surface area contributed by atoms with Gasteiger partial charge in [-0.25, -0.2) is 0 Å². The third kappa shape index (κ3) is 3.30. The fourth-order valence-corrected chi connectivity index (χ4v) is 1.59. The van der Waals surface area contributed by atoms with Crippen LogP contribution < -0.4 is 5.73 Å². The van der Waals surface area contributed by atoms with Gasteiger partial charge in [-0.3, -0.25) is 0 Å². The molecule has 0 bridgehead atoms. The third-order valence-electron chi connectivity index (χ3n) is 2.53. The molecule has 0 aliphatic heterocycles. The molecule has 0 spiro atoms. The molecule has 3 nitrogen and oxygen atoms in total. The van der Waals surface area contributed by atoms with Crippen LogP contribution in [0.15, 0.2) is 30.3 Å². The van der Waals surface area contributed by atoms with Crippen LogP contribution >= 0.6 is 0 Å². The molecule has 15 heavy (non-hydrogen) atoms. The van der Waals surface area contributed by atoms with Crippen molar-refractivity contribution < 1.29 is 10.2 Å². The lowest BCUT2D eigenvalue weighted by Crippen LogP contribution is -2.38. The molecular weight excluding hydrogens is 190 g/mol. The number of aliphatic hydroxyl groups is 2. The van der Waals surface area contributed by atoms with Crippen LogP contribution in [0.3, 0.4) is 0 Å². The molecule has 3 atom stereocenters. The fourth-order valence-electron chi connectivity index (χ4n) is 1.59. The summed E-state index contributed by atoms with van der Waals surface area (Å²) in [6, 6.07) is 8.73. The van der Waals surface area contributed by atoms with E-state index in [4.69, 9.17) is 5.73 Å². The number of nitrogens with two attached hydrogens (primary N) is 1. The van der Waals surface area contributed by atoms with E-state index in [-0.39, 0.29) is 6.04 Å². The van der Waals surface area contributed by atoms with E-state index in [1.54, 1.807) is 12.1 Å². The molecule has 0 aliphatic rings. The second-order valence-corrected chi connectivity index (χ2v) is 3.80. The normalized spacial score (nSPS) is 17.1. The molecular formula is C12H19NO2. The Hall–Kier alpha value is -0.900. The number of hydrogen-bond acceptors (Lipinski definition) is 3. The van der Waals surface area contributed by atoms with Crippen LogP contribution in [0.1, 0.15) is 31.4 Å². The van der Waals surface area contributed by atoms with Crippen molar-refractivity contribution in [2.45, 2.75) is 38.0 Å². The van der Waals surface area contributed by atoms with Gasteiger partial charge in [-0.1, -0.05) is 43.7 Å². The van der Waals surface area contributed by atoms with Gasteiger partial charge in [0.15, 0.2) is 0 Å². The molecule has 0 aromatic heterocycles. The van der Waals surface area contributed by atoms with Crippen molar-refractivity contribution in [2.24, 2.45) is 5.73 Å². The fraction of sp³-hybridized carbons (Fsp3) is 0.500. The van der Waals surface area contributed by atoms with Crippen LogP contribution in [-0.2, 0) is 0 Å². The second kappa shape index (κ2) is 5.85. The zero-order valence-electron chi connectivity index (χ0n) is 9.00. The Morgan fingerprint density at radius 2 is 1.80 bits per heavy atom. The van der Waals surface area contributed by atoms with E-state index in [0.717, 1.165) is 6.42 Å². The molecule has 3 unspecified atom stereocenters. The smallest absolute Gasteiger partial charge is 0.106 e. The monoisotopic (exact) mass is 209 g/mol. The average molecular weight is 209 g/mol. The largest absolute Gasteiger partial charge is 0.388 e. The summed E-state index contributed by atoms with van der Waals surface area (Å²) in [4.78, 5) is 0. The molecule has 1 rings (SSSR count). The van der Waals surface area contributed by atoms with Crippen molar-refractivity contribution in [3.05, 3.63) is 35.9 Å². The average Bonchev–Trinajstić information content (AvgIpc) is 2.28. The molecule has 0 amide bonds. The molecule has 0 saturated heterocycles. The van der Waals surface area contributed by atoms with Gasteiger partial charge in [-0.05, 0) is 12.0 Å². The molecule has 0 heterocycles.